The maximum atomic E-state index is 9.85. The van der Waals surface area contributed by atoms with E-state index in [1.807, 2.05) is 20.0 Å². The molecule has 2 N–H and O–H groups in total. The van der Waals surface area contributed by atoms with Crippen molar-refractivity contribution in [2.75, 3.05) is 23.8 Å². The summed E-state index contributed by atoms with van der Waals surface area (Å²) in [5.74, 6) is 0.737. The maximum Gasteiger partial charge on any atom is 0.151 e. The molecule has 5 heteroatoms. The van der Waals surface area contributed by atoms with Gasteiger partial charge < -0.3 is 15.3 Å². The van der Waals surface area contributed by atoms with E-state index in [0.717, 1.165) is 24.5 Å². The second-order valence-electron chi connectivity index (χ2n) is 4.21. The van der Waals surface area contributed by atoms with Gasteiger partial charge in [0.2, 0.25) is 0 Å². The molecule has 0 unspecified atom stereocenters. The van der Waals surface area contributed by atoms with Crippen molar-refractivity contribution >= 4 is 23.1 Å². The minimum Gasteiger partial charge on any atom is -0.391 e. The number of halogens is 1. The lowest BCUT2D eigenvalue weighted by molar-refractivity contribution is 0.149. The smallest absolute Gasteiger partial charge is 0.151 e. The Morgan fingerprint density at radius 3 is 3.06 bits per heavy atom. The number of anilines is 2. The number of aliphatic hydroxyl groups excluding tert-OH is 1. The molecule has 1 aliphatic rings. The summed E-state index contributed by atoms with van der Waals surface area (Å²) >= 11 is 5.87. The molecule has 1 aromatic heterocycles. The van der Waals surface area contributed by atoms with Crippen LogP contribution < -0.4 is 10.2 Å². The number of aliphatic hydroxyl groups is 1. The van der Waals surface area contributed by atoms with Crippen molar-refractivity contribution < 1.29 is 5.11 Å². The van der Waals surface area contributed by atoms with Crippen LogP contribution in [0.2, 0.25) is 5.15 Å². The molecule has 0 saturated carbocycles. The lowest BCUT2D eigenvalue weighted by Gasteiger charge is -2.30. The van der Waals surface area contributed by atoms with Crippen LogP contribution in [-0.4, -0.2) is 35.8 Å². The molecule has 1 aliphatic heterocycles. The number of pyridine rings is 1. The Kier molecular flexibility index (Phi) is 3.21. The van der Waals surface area contributed by atoms with Gasteiger partial charge in [0.05, 0.1) is 17.8 Å². The summed E-state index contributed by atoms with van der Waals surface area (Å²) in [7, 11) is 1.98. The Balaban J connectivity index is 2.37. The molecule has 4 nitrogen and oxygen atoms in total. The largest absolute Gasteiger partial charge is 0.391 e. The van der Waals surface area contributed by atoms with E-state index in [0.29, 0.717) is 5.15 Å². The normalized spacial score (nSPS) is 25.4. The Bertz CT molecular complexity index is 385. The Morgan fingerprint density at radius 2 is 2.31 bits per heavy atom. The summed E-state index contributed by atoms with van der Waals surface area (Å²) in [6.07, 6.45) is 0.378. The first-order chi connectivity index (χ1) is 7.58. The predicted molar refractivity (Wildman–Crippen MR) is 66.2 cm³/mol. The van der Waals surface area contributed by atoms with Crippen molar-refractivity contribution in [3.8, 4) is 0 Å². The fraction of sp³-hybridized carbons (Fsp3) is 0.545. The van der Waals surface area contributed by atoms with Crippen LogP contribution >= 0.6 is 11.6 Å². The molecular formula is C11H16ClN3O. The molecule has 16 heavy (non-hydrogen) atoms. The zero-order chi connectivity index (χ0) is 11.7. The number of nitrogens with one attached hydrogen (secondary N) is 1. The highest BCUT2D eigenvalue weighted by atomic mass is 35.5. The van der Waals surface area contributed by atoms with Gasteiger partial charge in [0.15, 0.2) is 5.82 Å². The Morgan fingerprint density at radius 1 is 1.56 bits per heavy atom. The third-order valence-electron chi connectivity index (χ3n) is 2.95. The van der Waals surface area contributed by atoms with E-state index in [4.69, 9.17) is 11.6 Å². The van der Waals surface area contributed by atoms with E-state index < -0.39 is 0 Å². The van der Waals surface area contributed by atoms with Gasteiger partial charge in [-0.1, -0.05) is 11.6 Å². The molecule has 0 spiro atoms. The Labute approximate surface area is 100 Å². The zero-order valence-corrected chi connectivity index (χ0v) is 10.2. The van der Waals surface area contributed by atoms with E-state index in [2.05, 4.69) is 15.2 Å². The van der Waals surface area contributed by atoms with Crippen LogP contribution in [0.3, 0.4) is 0 Å². The van der Waals surface area contributed by atoms with Gasteiger partial charge in [-0.2, -0.15) is 0 Å². The summed E-state index contributed by atoms with van der Waals surface area (Å²) in [4.78, 5) is 6.32. The third kappa shape index (κ3) is 2.23. The molecule has 2 atom stereocenters. The highest BCUT2D eigenvalue weighted by Crippen LogP contribution is 2.28. The first-order valence-corrected chi connectivity index (χ1v) is 5.78. The molecule has 2 heterocycles. The molecule has 2 rings (SSSR count). The lowest BCUT2D eigenvalue weighted by Crippen LogP contribution is -2.37. The van der Waals surface area contributed by atoms with Crippen molar-refractivity contribution in [2.24, 2.45) is 0 Å². The van der Waals surface area contributed by atoms with E-state index in [-0.39, 0.29) is 12.1 Å². The molecule has 0 aliphatic carbocycles. The summed E-state index contributed by atoms with van der Waals surface area (Å²) in [5.41, 5.74) is 1.02. The highest BCUT2D eigenvalue weighted by Gasteiger charge is 2.21. The lowest BCUT2D eigenvalue weighted by atomic mass is 10.1. The molecule has 0 aromatic carbocycles. The van der Waals surface area contributed by atoms with Crippen molar-refractivity contribution in [2.45, 2.75) is 25.5 Å². The molecule has 88 valence electrons. The van der Waals surface area contributed by atoms with Gasteiger partial charge in [0.25, 0.3) is 0 Å². The number of aromatic nitrogens is 1. The second-order valence-corrected chi connectivity index (χ2v) is 4.60. The molecular weight excluding hydrogens is 226 g/mol. The maximum absolute atomic E-state index is 9.85. The molecule has 0 fully saturated rings. The Hall–Kier alpha value is -1.00. The summed E-state index contributed by atoms with van der Waals surface area (Å²) < 4.78 is 0. The second kappa shape index (κ2) is 4.47. The summed E-state index contributed by atoms with van der Waals surface area (Å²) in [6.45, 7) is 2.76. The highest BCUT2D eigenvalue weighted by molar-refractivity contribution is 6.29. The number of hydrogen-bond acceptors (Lipinski definition) is 4. The average Bonchev–Trinajstić information content (AvgIpc) is 2.24. The fourth-order valence-electron chi connectivity index (χ4n) is 1.85. The van der Waals surface area contributed by atoms with Crippen LogP contribution in [0.5, 0.6) is 0 Å². The van der Waals surface area contributed by atoms with E-state index >= 15 is 0 Å². The standard InChI is InChI=1S/C11H16ClN3O/c1-7-9(16)5-6-15(2)8-3-4-10(12)14-11(8)13-7/h3-4,7,9,16H,5-6H2,1-2H3,(H,13,14)/t7-,9-/m1/s1. The van der Waals surface area contributed by atoms with Crippen molar-refractivity contribution in [3.63, 3.8) is 0 Å². The fourth-order valence-corrected chi connectivity index (χ4v) is 2.00. The summed E-state index contributed by atoms with van der Waals surface area (Å²) in [6, 6.07) is 3.71. The predicted octanol–water partition coefficient (Wildman–Crippen LogP) is 1.74. The molecule has 0 amide bonds. The van der Waals surface area contributed by atoms with Gasteiger partial charge >= 0.3 is 0 Å². The number of nitrogens with zero attached hydrogens (tertiary/aromatic N) is 2. The summed E-state index contributed by atoms with van der Waals surface area (Å²) in [5, 5.41) is 13.5. The molecule has 0 radical (unpaired) electrons. The monoisotopic (exact) mass is 241 g/mol. The number of fused-ring (bicyclic) bond motifs is 1. The van der Waals surface area contributed by atoms with Crippen LogP contribution in [0.1, 0.15) is 13.3 Å². The van der Waals surface area contributed by atoms with Gasteiger partial charge in [-0.3, -0.25) is 0 Å². The van der Waals surface area contributed by atoms with Gasteiger partial charge in [-0.05, 0) is 25.5 Å². The van der Waals surface area contributed by atoms with Crippen LogP contribution in [0.15, 0.2) is 12.1 Å². The van der Waals surface area contributed by atoms with Crippen molar-refractivity contribution in [3.05, 3.63) is 17.3 Å². The zero-order valence-electron chi connectivity index (χ0n) is 9.44. The van der Waals surface area contributed by atoms with Gasteiger partial charge in [-0.25, -0.2) is 4.98 Å². The van der Waals surface area contributed by atoms with Crippen LogP contribution in [-0.2, 0) is 0 Å². The molecule has 0 bridgehead atoms. The first kappa shape index (κ1) is 11.5. The average molecular weight is 242 g/mol. The van der Waals surface area contributed by atoms with E-state index in [1.165, 1.54) is 0 Å². The number of rotatable bonds is 0. The van der Waals surface area contributed by atoms with Crippen LogP contribution in [0, 0.1) is 0 Å². The van der Waals surface area contributed by atoms with Gasteiger partial charge in [0.1, 0.15) is 5.15 Å². The van der Waals surface area contributed by atoms with Crippen LogP contribution in [0.25, 0.3) is 0 Å². The SMILES string of the molecule is C[C@H]1Nc2nc(Cl)ccc2N(C)CC[C@H]1O. The topological polar surface area (TPSA) is 48.4 Å². The quantitative estimate of drug-likeness (QED) is 0.680. The minimum atomic E-state index is -0.364. The molecule has 1 aromatic rings. The third-order valence-corrected chi connectivity index (χ3v) is 3.16. The van der Waals surface area contributed by atoms with Crippen LogP contribution in [0.4, 0.5) is 11.5 Å². The number of hydrogen-bond donors (Lipinski definition) is 2. The van der Waals surface area contributed by atoms with Crippen molar-refractivity contribution in [1.82, 2.24) is 4.98 Å². The van der Waals surface area contributed by atoms with Gasteiger partial charge in [-0.15, -0.1) is 0 Å². The van der Waals surface area contributed by atoms with E-state index in [1.54, 1.807) is 6.07 Å². The first-order valence-electron chi connectivity index (χ1n) is 5.40. The molecule has 0 saturated heterocycles. The van der Waals surface area contributed by atoms with E-state index in [9.17, 15) is 5.11 Å². The minimum absolute atomic E-state index is 0.0154. The van der Waals surface area contributed by atoms with Gasteiger partial charge in [0, 0.05) is 13.6 Å². The van der Waals surface area contributed by atoms with Crippen molar-refractivity contribution in [1.29, 1.82) is 0 Å².